The monoisotopic (exact) mass is 430 g/mol. The van der Waals surface area contributed by atoms with Gasteiger partial charge < -0.3 is 14.1 Å². The third kappa shape index (κ3) is 4.66. The van der Waals surface area contributed by atoms with Crippen molar-refractivity contribution in [3.05, 3.63) is 59.4 Å². The zero-order valence-corrected chi connectivity index (χ0v) is 18.4. The smallest absolute Gasteiger partial charge is 0.374 e. The molecule has 2 aromatic carbocycles. The number of anilines is 1. The Hall–Kier alpha value is -2.84. The molecule has 8 heteroatoms. The second kappa shape index (κ2) is 8.89. The summed E-state index contributed by atoms with van der Waals surface area (Å²) in [7, 11) is 0.218. The summed E-state index contributed by atoms with van der Waals surface area (Å²) in [6, 6.07) is 12.5. The summed E-state index contributed by atoms with van der Waals surface area (Å²) < 4.78 is 38.7. The minimum Gasteiger partial charge on any atom is -0.460 e. The summed E-state index contributed by atoms with van der Waals surface area (Å²) in [5.41, 5.74) is 3.11. The molecule has 30 heavy (non-hydrogen) atoms. The first-order valence-corrected chi connectivity index (χ1v) is 11.2. The Morgan fingerprint density at radius 1 is 1.17 bits per heavy atom. The second-order valence-electron chi connectivity index (χ2n) is 7.15. The number of fused-ring (bicyclic) bond motifs is 1. The fraction of sp³-hybridized carbons (Fsp3) is 0.318. The molecule has 0 saturated carbocycles. The number of hydrogen-bond acceptors (Lipinski definition) is 6. The van der Waals surface area contributed by atoms with Crippen LogP contribution in [-0.4, -0.2) is 41.6 Å². The van der Waals surface area contributed by atoms with Crippen molar-refractivity contribution in [2.45, 2.75) is 25.2 Å². The molecule has 0 unspecified atom stereocenters. The van der Waals surface area contributed by atoms with Crippen LogP contribution in [0.5, 0.6) is 0 Å². The Bertz CT molecular complexity index is 1170. The van der Waals surface area contributed by atoms with E-state index in [2.05, 4.69) is 4.72 Å². The van der Waals surface area contributed by atoms with Gasteiger partial charge in [-0.2, -0.15) is 0 Å². The van der Waals surface area contributed by atoms with E-state index in [9.17, 15) is 13.2 Å². The number of nitrogens with one attached hydrogen (secondary N) is 1. The van der Waals surface area contributed by atoms with Crippen LogP contribution < -0.4 is 9.62 Å². The highest BCUT2D eigenvalue weighted by atomic mass is 32.2. The molecule has 0 aliphatic rings. The molecule has 0 amide bonds. The highest BCUT2D eigenvalue weighted by Gasteiger charge is 2.21. The average molecular weight is 431 g/mol. The first-order chi connectivity index (χ1) is 14.2. The van der Waals surface area contributed by atoms with Gasteiger partial charge >= 0.3 is 5.97 Å². The minimum absolute atomic E-state index is 0.0927. The molecule has 3 aromatic rings. The highest BCUT2D eigenvalue weighted by Crippen LogP contribution is 2.28. The molecule has 0 fully saturated rings. The van der Waals surface area contributed by atoms with Crippen LogP contribution in [0.15, 0.2) is 51.8 Å². The van der Waals surface area contributed by atoms with E-state index >= 15 is 0 Å². The summed E-state index contributed by atoms with van der Waals surface area (Å²) in [6.45, 7) is 3.93. The Morgan fingerprint density at radius 3 is 2.63 bits per heavy atom. The molecule has 3 rings (SSSR count). The number of rotatable bonds is 8. The van der Waals surface area contributed by atoms with Crippen molar-refractivity contribution in [2.75, 3.05) is 32.1 Å². The van der Waals surface area contributed by atoms with Crippen molar-refractivity contribution in [3.8, 4) is 0 Å². The molecule has 0 saturated heterocycles. The van der Waals surface area contributed by atoms with Crippen LogP contribution >= 0.6 is 0 Å². The van der Waals surface area contributed by atoms with Crippen LogP contribution in [0.4, 0.5) is 5.69 Å². The van der Waals surface area contributed by atoms with Gasteiger partial charge in [-0.25, -0.2) is 17.9 Å². The molecule has 1 heterocycles. The van der Waals surface area contributed by atoms with Crippen LogP contribution in [0, 0.1) is 6.92 Å². The molecular formula is C22H26N2O5S. The van der Waals surface area contributed by atoms with Crippen LogP contribution in [0.1, 0.15) is 28.6 Å². The van der Waals surface area contributed by atoms with Gasteiger partial charge in [0.05, 0.1) is 11.5 Å². The van der Waals surface area contributed by atoms with Gasteiger partial charge in [-0.3, -0.25) is 0 Å². The predicted molar refractivity (Wildman–Crippen MR) is 117 cm³/mol. The average Bonchev–Trinajstić information content (AvgIpc) is 3.04. The van der Waals surface area contributed by atoms with Crippen LogP contribution in [0.2, 0.25) is 0 Å². The van der Waals surface area contributed by atoms with E-state index < -0.39 is 16.0 Å². The summed E-state index contributed by atoms with van der Waals surface area (Å²) in [6.07, 6.45) is 0.570. The molecule has 1 N–H and O–H groups in total. The fourth-order valence-electron chi connectivity index (χ4n) is 3.16. The normalized spacial score (nSPS) is 11.6. The zero-order valence-electron chi connectivity index (χ0n) is 17.6. The number of ether oxygens (including phenoxy) is 1. The molecule has 0 bridgehead atoms. The number of benzene rings is 2. The molecular weight excluding hydrogens is 404 g/mol. The predicted octanol–water partition coefficient (Wildman–Crippen LogP) is 3.50. The molecule has 7 nitrogen and oxygen atoms in total. The number of hydrogen-bond donors (Lipinski definition) is 1. The van der Waals surface area contributed by atoms with Crippen molar-refractivity contribution >= 4 is 32.6 Å². The number of carbonyl (C=O) groups excluding carboxylic acids is 1. The van der Waals surface area contributed by atoms with Gasteiger partial charge in [0.15, 0.2) is 0 Å². The summed E-state index contributed by atoms with van der Waals surface area (Å²) in [5, 5.41) is 0.569. The van der Waals surface area contributed by atoms with Gasteiger partial charge in [-0.1, -0.05) is 12.1 Å². The van der Waals surface area contributed by atoms with Gasteiger partial charge in [0.25, 0.3) is 0 Å². The standard InChI is InChI=1S/C22H26N2O5S/c1-5-28-22(25)21-15(2)19-14-18(9-10-20(19)29-21)30(26,27)23-12-11-16-7-6-8-17(13-16)24(3)4/h6-10,13-14,23H,5,11-12H2,1-4H3. The van der Waals surface area contributed by atoms with Gasteiger partial charge in [0.1, 0.15) is 5.58 Å². The number of esters is 1. The summed E-state index contributed by atoms with van der Waals surface area (Å²) in [5.74, 6) is -0.469. The first-order valence-electron chi connectivity index (χ1n) is 9.69. The maximum atomic E-state index is 12.8. The number of sulfonamides is 1. The molecule has 160 valence electrons. The highest BCUT2D eigenvalue weighted by molar-refractivity contribution is 7.89. The second-order valence-corrected chi connectivity index (χ2v) is 8.91. The number of aryl methyl sites for hydroxylation is 1. The van der Waals surface area contributed by atoms with E-state index in [4.69, 9.17) is 9.15 Å². The van der Waals surface area contributed by atoms with Crippen LogP contribution in [0.25, 0.3) is 11.0 Å². The van der Waals surface area contributed by atoms with Gasteiger partial charge in [0, 0.05) is 37.3 Å². The number of carbonyl (C=O) groups is 1. The molecule has 0 spiro atoms. The van der Waals surface area contributed by atoms with Crippen molar-refractivity contribution in [3.63, 3.8) is 0 Å². The lowest BCUT2D eigenvalue weighted by molar-refractivity contribution is 0.0491. The Balaban J connectivity index is 1.76. The fourth-order valence-corrected chi connectivity index (χ4v) is 4.22. The lowest BCUT2D eigenvalue weighted by atomic mass is 10.1. The van der Waals surface area contributed by atoms with E-state index in [1.807, 2.05) is 43.3 Å². The van der Waals surface area contributed by atoms with E-state index in [0.29, 0.717) is 23.0 Å². The Labute approximate surface area is 176 Å². The minimum atomic E-state index is -3.70. The third-order valence-corrected chi connectivity index (χ3v) is 6.27. The zero-order chi connectivity index (χ0) is 21.9. The quantitative estimate of drug-likeness (QED) is 0.550. The first kappa shape index (κ1) is 21.9. The number of furan rings is 1. The number of nitrogens with zero attached hydrogens (tertiary/aromatic N) is 1. The summed E-state index contributed by atoms with van der Waals surface area (Å²) >= 11 is 0. The molecule has 0 atom stereocenters. The molecule has 0 aliphatic carbocycles. The van der Waals surface area contributed by atoms with E-state index in [0.717, 1.165) is 11.3 Å². The van der Waals surface area contributed by atoms with Crippen molar-refractivity contribution in [1.82, 2.24) is 4.72 Å². The SMILES string of the molecule is CCOC(=O)c1oc2ccc(S(=O)(=O)NCCc3cccc(N(C)C)c3)cc2c1C. The van der Waals surface area contributed by atoms with Crippen molar-refractivity contribution in [1.29, 1.82) is 0 Å². The van der Waals surface area contributed by atoms with Crippen LogP contribution in [0.3, 0.4) is 0 Å². The van der Waals surface area contributed by atoms with Gasteiger partial charge in [-0.05, 0) is 56.2 Å². The van der Waals surface area contributed by atoms with Crippen molar-refractivity contribution < 1.29 is 22.4 Å². The Morgan fingerprint density at radius 2 is 1.93 bits per heavy atom. The van der Waals surface area contributed by atoms with E-state index in [-0.39, 0.29) is 23.8 Å². The lowest BCUT2D eigenvalue weighted by Gasteiger charge is -2.13. The molecule has 0 radical (unpaired) electrons. The summed E-state index contributed by atoms with van der Waals surface area (Å²) in [4.78, 5) is 14.1. The Kier molecular flexibility index (Phi) is 6.48. The van der Waals surface area contributed by atoms with Crippen LogP contribution in [-0.2, 0) is 21.2 Å². The lowest BCUT2D eigenvalue weighted by Crippen LogP contribution is -2.26. The van der Waals surface area contributed by atoms with E-state index in [1.54, 1.807) is 19.9 Å². The van der Waals surface area contributed by atoms with E-state index in [1.165, 1.54) is 12.1 Å². The van der Waals surface area contributed by atoms with Gasteiger partial charge in [0.2, 0.25) is 15.8 Å². The third-order valence-electron chi connectivity index (χ3n) is 4.81. The van der Waals surface area contributed by atoms with Gasteiger partial charge in [-0.15, -0.1) is 0 Å². The maximum Gasteiger partial charge on any atom is 0.374 e. The topological polar surface area (TPSA) is 88.8 Å². The largest absolute Gasteiger partial charge is 0.460 e. The molecule has 0 aliphatic heterocycles. The molecule has 1 aromatic heterocycles. The maximum absolute atomic E-state index is 12.8. The van der Waals surface area contributed by atoms with Crippen molar-refractivity contribution in [2.24, 2.45) is 0 Å².